The van der Waals surface area contributed by atoms with E-state index in [1.165, 1.54) is 12.4 Å². The van der Waals surface area contributed by atoms with Crippen LogP contribution in [0.1, 0.15) is 97.9 Å². The summed E-state index contributed by atoms with van der Waals surface area (Å²) in [6.07, 6.45) is 11.8. The van der Waals surface area contributed by atoms with Crippen molar-refractivity contribution in [1.29, 1.82) is 0 Å². The lowest BCUT2D eigenvalue weighted by atomic mass is 9.82. The van der Waals surface area contributed by atoms with Crippen LogP contribution in [0.3, 0.4) is 0 Å². The van der Waals surface area contributed by atoms with E-state index in [4.69, 9.17) is 0 Å². The molecule has 1 saturated carbocycles. The molecule has 2 amide bonds. The molecule has 0 bridgehead atoms. The summed E-state index contributed by atoms with van der Waals surface area (Å²) in [6, 6.07) is -1.08. The second kappa shape index (κ2) is 12.3. The van der Waals surface area contributed by atoms with Gasteiger partial charge in [0.15, 0.2) is 0 Å². The predicted octanol–water partition coefficient (Wildman–Crippen LogP) is 3.57. The van der Waals surface area contributed by atoms with E-state index in [0.717, 1.165) is 57.9 Å². The summed E-state index contributed by atoms with van der Waals surface area (Å²) in [7, 11) is 0. The van der Waals surface area contributed by atoms with Crippen LogP contribution in [0.15, 0.2) is 18.6 Å². The van der Waals surface area contributed by atoms with Crippen LogP contribution >= 0.6 is 0 Å². The van der Waals surface area contributed by atoms with Gasteiger partial charge in [0, 0.05) is 25.0 Å². The minimum absolute atomic E-state index is 0.00572. The van der Waals surface area contributed by atoms with E-state index >= 15 is 0 Å². The monoisotopic (exact) mass is 487 g/mol. The predicted molar refractivity (Wildman–Crippen MR) is 136 cm³/mol. The molecule has 5 atom stereocenters. The topological polar surface area (TPSA) is 107 Å². The van der Waals surface area contributed by atoms with Crippen LogP contribution in [-0.2, 0) is 9.59 Å². The molecule has 5 unspecified atom stereocenters. The van der Waals surface area contributed by atoms with Crippen molar-refractivity contribution in [2.75, 3.05) is 6.54 Å². The number of aliphatic hydroxyl groups excluding tert-OH is 1. The molecule has 1 aliphatic heterocycles. The lowest BCUT2D eigenvalue weighted by Gasteiger charge is -2.38. The first-order valence-electron chi connectivity index (χ1n) is 13.4. The summed E-state index contributed by atoms with van der Waals surface area (Å²) in [4.78, 5) is 37.7. The first-order valence-corrected chi connectivity index (χ1v) is 13.4. The molecule has 0 aromatic carbocycles. The lowest BCUT2D eigenvalue weighted by Crippen LogP contribution is -2.60. The zero-order valence-corrected chi connectivity index (χ0v) is 22.2. The number of aromatic nitrogens is 2. The fourth-order valence-corrected chi connectivity index (χ4v) is 5.71. The van der Waals surface area contributed by atoms with Crippen molar-refractivity contribution in [2.24, 2.45) is 17.3 Å². The molecule has 2 aliphatic rings. The largest absolute Gasteiger partial charge is 0.373 e. The Balaban J connectivity index is 1.78. The third-order valence-corrected chi connectivity index (χ3v) is 7.65. The highest BCUT2D eigenvalue weighted by atomic mass is 16.3. The fourth-order valence-electron chi connectivity index (χ4n) is 5.71. The standard InChI is InChI=1S/C27H45N5O3/c1-6-10-19-15-18(2)32(17-19)26(35)23(27(3,4)5)31-25(34)22(20-11-8-7-9-12-20)30-24(33)21-16-28-13-14-29-21/h13-14,16,18-20,22-24,30,33H,6-12,15,17H2,1-5H3,(H,31,34). The Kier molecular flexibility index (Phi) is 9.64. The summed E-state index contributed by atoms with van der Waals surface area (Å²) in [6.45, 7) is 11.0. The zero-order chi connectivity index (χ0) is 25.6. The Morgan fingerprint density at radius 2 is 1.91 bits per heavy atom. The second-order valence-electron chi connectivity index (χ2n) is 11.6. The number of carbonyl (C=O) groups is 2. The molecule has 3 N–H and O–H groups in total. The smallest absolute Gasteiger partial charge is 0.245 e. The van der Waals surface area contributed by atoms with Gasteiger partial charge in [-0.1, -0.05) is 53.4 Å². The number of likely N-dealkylation sites (tertiary alicyclic amines) is 1. The molecule has 3 rings (SSSR count). The van der Waals surface area contributed by atoms with Gasteiger partial charge in [-0.25, -0.2) is 0 Å². The normalized spacial score (nSPS) is 24.1. The minimum Gasteiger partial charge on any atom is -0.373 e. The second-order valence-corrected chi connectivity index (χ2v) is 11.6. The summed E-state index contributed by atoms with van der Waals surface area (Å²) < 4.78 is 0. The van der Waals surface area contributed by atoms with Crippen LogP contribution in [0.2, 0.25) is 0 Å². The molecular formula is C27H45N5O3. The number of hydrogen-bond donors (Lipinski definition) is 3. The van der Waals surface area contributed by atoms with Crippen LogP contribution in [0, 0.1) is 17.3 Å². The first kappa shape index (κ1) is 27.5. The third kappa shape index (κ3) is 7.23. The molecule has 8 heteroatoms. The number of nitrogens with zero attached hydrogens (tertiary/aromatic N) is 3. The number of rotatable bonds is 9. The molecule has 2 fully saturated rings. The highest BCUT2D eigenvalue weighted by molar-refractivity contribution is 5.90. The summed E-state index contributed by atoms with van der Waals surface area (Å²) >= 11 is 0. The summed E-state index contributed by atoms with van der Waals surface area (Å²) in [5, 5.41) is 17.0. The van der Waals surface area contributed by atoms with Gasteiger partial charge < -0.3 is 15.3 Å². The number of amides is 2. The van der Waals surface area contributed by atoms with Gasteiger partial charge in [0.1, 0.15) is 18.0 Å². The maximum absolute atomic E-state index is 13.8. The van der Waals surface area contributed by atoms with Crippen molar-refractivity contribution in [1.82, 2.24) is 25.5 Å². The molecule has 0 spiro atoms. The molecule has 35 heavy (non-hydrogen) atoms. The molecule has 1 aromatic rings. The average Bonchev–Trinajstić information content (AvgIpc) is 3.20. The van der Waals surface area contributed by atoms with Crippen molar-refractivity contribution in [3.63, 3.8) is 0 Å². The van der Waals surface area contributed by atoms with Crippen molar-refractivity contribution < 1.29 is 14.7 Å². The van der Waals surface area contributed by atoms with E-state index < -0.39 is 23.7 Å². The number of nitrogens with one attached hydrogen (secondary N) is 2. The number of carbonyl (C=O) groups excluding carboxylic acids is 2. The molecule has 1 saturated heterocycles. The van der Waals surface area contributed by atoms with Gasteiger partial charge in [-0.15, -0.1) is 0 Å². The Bertz CT molecular complexity index is 822. The highest BCUT2D eigenvalue weighted by Gasteiger charge is 2.42. The fraction of sp³-hybridized carbons (Fsp3) is 0.778. The Morgan fingerprint density at radius 1 is 1.20 bits per heavy atom. The minimum atomic E-state index is -1.11. The summed E-state index contributed by atoms with van der Waals surface area (Å²) in [5.41, 5.74) is -0.0759. The van der Waals surface area contributed by atoms with Crippen molar-refractivity contribution in [2.45, 2.75) is 110 Å². The van der Waals surface area contributed by atoms with Gasteiger partial charge in [0.05, 0.1) is 12.2 Å². The van der Waals surface area contributed by atoms with Crippen LogP contribution in [0.5, 0.6) is 0 Å². The Hall–Kier alpha value is -2.06. The van der Waals surface area contributed by atoms with E-state index in [2.05, 4.69) is 34.4 Å². The quantitative estimate of drug-likeness (QED) is 0.460. The SMILES string of the molecule is CCCC1CC(C)N(C(=O)C(NC(=O)C(NC(O)c2cnccn2)C2CCCCC2)C(C)(C)C)C1. The van der Waals surface area contributed by atoms with Gasteiger partial charge in [-0.2, -0.15) is 0 Å². The highest BCUT2D eigenvalue weighted by Crippen LogP contribution is 2.31. The van der Waals surface area contributed by atoms with Crippen molar-refractivity contribution >= 4 is 11.8 Å². The van der Waals surface area contributed by atoms with Crippen LogP contribution in [-0.4, -0.2) is 56.5 Å². The van der Waals surface area contributed by atoms with Crippen LogP contribution in [0.25, 0.3) is 0 Å². The van der Waals surface area contributed by atoms with Crippen molar-refractivity contribution in [3.05, 3.63) is 24.3 Å². The van der Waals surface area contributed by atoms with Crippen molar-refractivity contribution in [3.8, 4) is 0 Å². The maximum Gasteiger partial charge on any atom is 0.245 e. The van der Waals surface area contributed by atoms with Gasteiger partial charge in [0.25, 0.3) is 0 Å². The van der Waals surface area contributed by atoms with E-state index in [-0.39, 0.29) is 23.8 Å². The molecule has 1 aliphatic carbocycles. The van der Waals surface area contributed by atoms with Gasteiger partial charge in [-0.05, 0) is 49.9 Å². The average molecular weight is 488 g/mol. The number of aliphatic hydroxyl groups is 1. The molecule has 8 nitrogen and oxygen atoms in total. The van der Waals surface area contributed by atoms with Crippen LogP contribution in [0.4, 0.5) is 0 Å². The number of hydrogen-bond acceptors (Lipinski definition) is 6. The molecule has 1 aromatic heterocycles. The van der Waals surface area contributed by atoms with E-state index in [1.54, 1.807) is 6.20 Å². The van der Waals surface area contributed by atoms with E-state index in [9.17, 15) is 14.7 Å². The molecular weight excluding hydrogens is 442 g/mol. The molecule has 2 heterocycles. The van der Waals surface area contributed by atoms with Gasteiger partial charge in [-0.3, -0.25) is 24.9 Å². The Morgan fingerprint density at radius 3 is 2.51 bits per heavy atom. The molecule has 0 radical (unpaired) electrons. The van der Waals surface area contributed by atoms with Gasteiger partial charge >= 0.3 is 0 Å². The Labute approximate surface area is 210 Å². The lowest BCUT2D eigenvalue weighted by molar-refractivity contribution is -0.141. The third-order valence-electron chi connectivity index (χ3n) is 7.65. The van der Waals surface area contributed by atoms with Crippen LogP contribution < -0.4 is 10.6 Å². The van der Waals surface area contributed by atoms with E-state index in [1.807, 2.05) is 25.7 Å². The summed E-state index contributed by atoms with van der Waals surface area (Å²) in [5.74, 6) is 0.374. The maximum atomic E-state index is 13.8. The zero-order valence-electron chi connectivity index (χ0n) is 22.2. The van der Waals surface area contributed by atoms with Gasteiger partial charge in [0.2, 0.25) is 11.8 Å². The first-order chi connectivity index (χ1) is 16.6. The molecule has 196 valence electrons. The van der Waals surface area contributed by atoms with E-state index in [0.29, 0.717) is 11.6 Å².